The van der Waals surface area contributed by atoms with Gasteiger partial charge >= 0.3 is 5.97 Å². The van der Waals surface area contributed by atoms with E-state index < -0.39 is 11.9 Å². The first-order valence-electron chi connectivity index (χ1n) is 8.88. The van der Waals surface area contributed by atoms with Crippen LogP contribution in [0.25, 0.3) is 0 Å². The Hall–Kier alpha value is -2.07. The molecule has 0 saturated carbocycles. The zero-order chi connectivity index (χ0) is 21.8. The lowest BCUT2D eigenvalue weighted by atomic mass is 10.1. The molecule has 1 amide bonds. The number of esters is 1. The lowest BCUT2D eigenvalue weighted by Crippen LogP contribution is -2.14. The van der Waals surface area contributed by atoms with Crippen molar-refractivity contribution in [2.24, 2.45) is 0 Å². The van der Waals surface area contributed by atoms with Crippen molar-refractivity contribution in [2.45, 2.75) is 30.9 Å². The lowest BCUT2D eigenvalue weighted by molar-refractivity contribution is 0.0525. The van der Waals surface area contributed by atoms with E-state index in [1.807, 2.05) is 0 Å². The summed E-state index contributed by atoms with van der Waals surface area (Å²) in [5, 5.41) is 12.3. The molecule has 2 aromatic heterocycles. The van der Waals surface area contributed by atoms with Crippen LogP contribution in [-0.2, 0) is 10.5 Å². The highest BCUT2D eigenvalue weighted by atomic mass is 35.5. The Kier molecular flexibility index (Phi) is 7.41. The molecule has 3 aromatic rings. The second-order valence-electron chi connectivity index (χ2n) is 6.16. The number of benzene rings is 1. The number of carbonyl (C=O) groups is 2. The lowest BCUT2D eigenvalue weighted by Gasteiger charge is -2.04. The number of halogens is 2. The van der Waals surface area contributed by atoms with Gasteiger partial charge in [-0.1, -0.05) is 52.4 Å². The van der Waals surface area contributed by atoms with E-state index in [0.717, 1.165) is 5.56 Å². The largest absolute Gasteiger partial charge is 0.462 e. The predicted molar refractivity (Wildman–Crippen MR) is 120 cm³/mol. The van der Waals surface area contributed by atoms with Crippen LogP contribution < -0.4 is 5.32 Å². The van der Waals surface area contributed by atoms with Crippen LogP contribution in [0.15, 0.2) is 22.5 Å². The van der Waals surface area contributed by atoms with Crippen LogP contribution in [0.3, 0.4) is 0 Å². The minimum atomic E-state index is -0.462. The molecule has 0 aliphatic carbocycles. The smallest absolute Gasteiger partial charge is 0.340 e. The Bertz CT molecular complexity index is 1080. The zero-order valence-corrected chi connectivity index (χ0v) is 19.5. The topological polar surface area (TPSA) is 97.0 Å². The summed E-state index contributed by atoms with van der Waals surface area (Å²) in [7, 11) is 0. The average Bonchev–Trinajstić information content (AvgIpc) is 3.25. The summed E-state index contributed by atoms with van der Waals surface area (Å²) in [4.78, 5) is 27.7. The second-order valence-corrected chi connectivity index (χ2v) is 9.18. The minimum Gasteiger partial charge on any atom is -0.462 e. The van der Waals surface area contributed by atoms with Gasteiger partial charge in [-0.05, 0) is 44.0 Å². The highest BCUT2D eigenvalue weighted by Crippen LogP contribution is 2.33. The van der Waals surface area contributed by atoms with Crippen LogP contribution in [0.2, 0.25) is 10.0 Å². The second kappa shape index (κ2) is 9.82. The van der Waals surface area contributed by atoms with Crippen LogP contribution in [-0.4, -0.2) is 33.7 Å². The summed E-state index contributed by atoms with van der Waals surface area (Å²) in [6, 6.07) is 5.34. The average molecular weight is 485 g/mol. The van der Waals surface area contributed by atoms with Gasteiger partial charge in [-0.2, -0.15) is 0 Å². The summed E-state index contributed by atoms with van der Waals surface area (Å²) in [6.07, 6.45) is 0. The van der Waals surface area contributed by atoms with E-state index in [-0.39, 0.29) is 12.3 Å². The Balaban J connectivity index is 1.68. The van der Waals surface area contributed by atoms with Crippen molar-refractivity contribution in [3.8, 4) is 0 Å². The van der Waals surface area contributed by atoms with Gasteiger partial charge in [0.2, 0.25) is 5.13 Å². The molecule has 1 aromatic carbocycles. The Labute approximate surface area is 191 Å². The maximum Gasteiger partial charge on any atom is 0.340 e. The maximum absolute atomic E-state index is 12.7. The fraction of sp³-hybridized carbons (Fsp3) is 0.263. The monoisotopic (exact) mass is 484 g/mol. The molecule has 11 heteroatoms. The first kappa shape index (κ1) is 22.6. The summed E-state index contributed by atoms with van der Waals surface area (Å²) >= 11 is 15.0. The number of nitrogens with zero attached hydrogens (tertiary/aromatic N) is 2. The molecule has 0 bridgehead atoms. The van der Waals surface area contributed by atoms with Crippen molar-refractivity contribution in [1.29, 1.82) is 0 Å². The molecular weight excluding hydrogens is 467 g/mol. The molecular formula is C19H18Cl2N4O3S2. The number of thioether (sulfide) groups is 1. The summed E-state index contributed by atoms with van der Waals surface area (Å²) in [5.74, 6) is -0.345. The molecule has 0 aliphatic heterocycles. The highest BCUT2D eigenvalue weighted by Gasteiger charge is 2.23. The van der Waals surface area contributed by atoms with Crippen LogP contribution >= 0.6 is 46.3 Å². The maximum atomic E-state index is 12.7. The fourth-order valence-electron chi connectivity index (χ4n) is 2.77. The SMILES string of the molecule is CCOC(=O)c1c(C)[nH]c(C(=O)Nc2nnc(SCc3c(Cl)cccc3Cl)s2)c1C. The Morgan fingerprint density at radius 3 is 2.60 bits per heavy atom. The molecule has 3 rings (SSSR count). The van der Waals surface area contributed by atoms with E-state index in [4.69, 9.17) is 27.9 Å². The van der Waals surface area contributed by atoms with Gasteiger partial charge in [-0.15, -0.1) is 10.2 Å². The molecule has 0 fully saturated rings. The number of aromatic nitrogens is 3. The first-order valence-corrected chi connectivity index (χ1v) is 11.4. The summed E-state index contributed by atoms with van der Waals surface area (Å²) in [5.41, 5.74) is 2.56. The van der Waals surface area contributed by atoms with Crippen LogP contribution in [0.1, 0.15) is 44.6 Å². The molecule has 0 atom stereocenters. The normalized spacial score (nSPS) is 10.8. The predicted octanol–water partition coefficient (Wildman–Crippen LogP) is 5.51. The fourth-order valence-corrected chi connectivity index (χ4v) is 5.26. The number of anilines is 1. The van der Waals surface area contributed by atoms with Crippen molar-refractivity contribution in [3.63, 3.8) is 0 Å². The molecule has 158 valence electrons. The van der Waals surface area contributed by atoms with E-state index in [1.165, 1.54) is 23.1 Å². The van der Waals surface area contributed by atoms with Gasteiger partial charge in [0, 0.05) is 21.5 Å². The molecule has 0 radical (unpaired) electrons. The summed E-state index contributed by atoms with van der Waals surface area (Å²) < 4.78 is 5.71. The van der Waals surface area contributed by atoms with Crippen molar-refractivity contribution in [1.82, 2.24) is 15.2 Å². The third-order valence-electron chi connectivity index (χ3n) is 4.17. The van der Waals surface area contributed by atoms with Gasteiger partial charge in [-0.3, -0.25) is 10.1 Å². The highest BCUT2D eigenvalue weighted by molar-refractivity contribution is 8.00. The van der Waals surface area contributed by atoms with E-state index in [1.54, 1.807) is 39.0 Å². The van der Waals surface area contributed by atoms with Crippen molar-refractivity contribution in [3.05, 3.63) is 56.3 Å². The molecule has 2 heterocycles. The standard InChI is InChI=1S/C19H18Cl2N4O3S2/c1-4-28-17(27)14-9(2)15(22-10(14)3)16(26)23-18-24-25-19(30-18)29-8-11-12(20)6-5-7-13(11)21/h5-7,22H,4,8H2,1-3H3,(H,23,24,26). The quantitative estimate of drug-likeness (QED) is 0.260. The molecule has 0 saturated heterocycles. The van der Waals surface area contributed by atoms with Crippen molar-refractivity contribution < 1.29 is 14.3 Å². The minimum absolute atomic E-state index is 0.259. The molecule has 7 nitrogen and oxygen atoms in total. The van der Waals surface area contributed by atoms with Gasteiger partial charge in [0.05, 0.1) is 12.2 Å². The van der Waals surface area contributed by atoms with E-state index >= 15 is 0 Å². The van der Waals surface area contributed by atoms with Crippen LogP contribution in [0, 0.1) is 13.8 Å². The third-order valence-corrected chi connectivity index (χ3v) is 6.88. The number of H-pyrrole nitrogens is 1. The number of hydrogen-bond acceptors (Lipinski definition) is 7. The van der Waals surface area contributed by atoms with E-state index in [9.17, 15) is 9.59 Å². The zero-order valence-electron chi connectivity index (χ0n) is 16.3. The number of aryl methyl sites for hydroxylation is 1. The number of rotatable bonds is 7. The Morgan fingerprint density at radius 2 is 1.93 bits per heavy atom. The summed E-state index contributed by atoms with van der Waals surface area (Å²) in [6.45, 7) is 5.40. The molecule has 0 unspecified atom stereocenters. The van der Waals surface area contributed by atoms with Gasteiger partial charge < -0.3 is 9.72 Å². The van der Waals surface area contributed by atoms with Crippen LogP contribution in [0.5, 0.6) is 0 Å². The van der Waals surface area contributed by atoms with E-state index in [2.05, 4.69) is 20.5 Å². The van der Waals surface area contributed by atoms with Gasteiger partial charge in [-0.25, -0.2) is 4.79 Å². The number of aromatic amines is 1. The number of ether oxygens (including phenoxy) is 1. The number of hydrogen-bond donors (Lipinski definition) is 2. The van der Waals surface area contributed by atoms with Gasteiger partial charge in [0.1, 0.15) is 5.69 Å². The van der Waals surface area contributed by atoms with Crippen molar-refractivity contribution in [2.75, 3.05) is 11.9 Å². The molecule has 2 N–H and O–H groups in total. The molecule has 0 aliphatic rings. The van der Waals surface area contributed by atoms with E-state index in [0.29, 0.717) is 42.1 Å². The van der Waals surface area contributed by atoms with Crippen LogP contribution in [0.4, 0.5) is 5.13 Å². The molecule has 0 spiro atoms. The van der Waals surface area contributed by atoms with Crippen molar-refractivity contribution >= 4 is 63.3 Å². The number of carbonyl (C=O) groups excluding carboxylic acids is 2. The Morgan fingerprint density at radius 1 is 1.23 bits per heavy atom. The number of nitrogens with one attached hydrogen (secondary N) is 2. The third kappa shape index (κ3) is 4.97. The molecule has 30 heavy (non-hydrogen) atoms. The van der Waals surface area contributed by atoms with Gasteiger partial charge in [0.25, 0.3) is 5.91 Å². The number of amides is 1. The first-order chi connectivity index (χ1) is 14.3. The van der Waals surface area contributed by atoms with Gasteiger partial charge in [0.15, 0.2) is 4.34 Å².